The van der Waals surface area contributed by atoms with E-state index in [-0.39, 0.29) is 5.91 Å². The van der Waals surface area contributed by atoms with Gasteiger partial charge in [-0.2, -0.15) is 5.10 Å². The van der Waals surface area contributed by atoms with Crippen LogP contribution in [-0.4, -0.2) is 25.7 Å². The number of aromatic nitrogens is 4. The van der Waals surface area contributed by atoms with E-state index in [1.165, 1.54) is 0 Å². The van der Waals surface area contributed by atoms with Gasteiger partial charge in [-0.15, -0.1) is 0 Å². The lowest BCUT2D eigenvalue weighted by Gasteiger charge is -2.02. The normalized spacial score (nSPS) is 11.0. The minimum atomic E-state index is -0.103. The molecular formula is C15H17N5O. The first-order valence-electron chi connectivity index (χ1n) is 6.78. The number of imidazole rings is 1. The SMILES string of the molecule is Cc1nn(C)c(C)c1CC(=O)Nc1nc2ccccc2[nH]1. The number of aryl methyl sites for hydroxylation is 2. The van der Waals surface area contributed by atoms with Crippen molar-refractivity contribution in [2.24, 2.45) is 7.05 Å². The standard InChI is InChI=1S/C15H17N5O/c1-9-11(10(2)20(3)19-9)8-14(21)18-15-16-12-6-4-5-7-13(12)17-15/h4-7H,8H2,1-3H3,(H2,16,17,18,21). The van der Waals surface area contributed by atoms with Crippen LogP contribution >= 0.6 is 0 Å². The predicted molar refractivity (Wildman–Crippen MR) is 81.1 cm³/mol. The summed E-state index contributed by atoms with van der Waals surface area (Å²) in [6.45, 7) is 3.88. The highest BCUT2D eigenvalue weighted by Crippen LogP contribution is 2.15. The smallest absolute Gasteiger partial charge is 0.231 e. The molecule has 0 saturated heterocycles. The molecule has 0 aliphatic carbocycles. The molecule has 0 aliphatic heterocycles. The molecule has 3 aromatic rings. The number of rotatable bonds is 3. The number of benzene rings is 1. The molecule has 0 spiro atoms. The number of amides is 1. The van der Waals surface area contributed by atoms with Crippen molar-refractivity contribution in [3.8, 4) is 0 Å². The largest absolute Gasteiger partial charge is 0.324 e. The molecule has 0 atom stereocenters. The number of para-hydroxylation sites is 2. The van der Waals surface area contributed by atoms with E-state index in [4.69, 9.17) is 0 Å². The summed E-state index contributed by atoms with van der Waals surface area (Å²) in [6.07, 6.45) is 0.294. The molecule has 1 aromatic carbocycles. The molecule has 108 valence electrons. The van der Waals surface area contributed by atoms with Crippen molar-refractivity contribution in [1.29, 1.82) is 0 Å². The maximum atomic E-state index is 12.2. The molecule has 0 radical (unpaired) electrons. The van der Waals surface area contributed by atoms with Crippen LogP contribution in [0.3, 0.4) is 0 Å². The van der Waals surface area contributed by atoms with Gasteiger partial charge in [-0.25, -0.2) is 4.98 Å². The molecule has 6 heteroatoms. The van der Waals surface area contributed by atoms with Gasteiger partial charge in [0.15, 0.2) is 0 Å². The summed E-state index contributed by atoms with van der Waals surface area (Å²) >= 11 is 0. The number of carbonyl (C=O) groups excluding carboxylic acids is 1. The fourth-order valence-electron chi connectivity index (χ4n) is 2.42. The Bertz CT molecular complexity index is 782. The van der Waals surface area contributed by atoms with Crippen LogP contribution in [0.15, 0.2) is 24.3 Å². The van der Waals surface area contributed by atoms with Crippen molar-refractivity contribution < 1.29 is 4.79 Å². The van der Waals surface area contributed by atoms with E-state index < -0.39 is 0 Å². The summed E-state index contributed by atoms with van der Waals surface area (Å²) in [6, 6.07) is 7.66. The summed E-state index contributed by atoms with van der Waals surface area (Å²) in [5, 5.41) is 7.12. The van der Waals surface area contributed by atoms with Gasteiger partial charge in [-0.3, -0.25) is 14.8 Å². The summed E-state index contributed by atoms with van der Waals surface area (Å²) in [4.78, 5) is 19.6. The Kier molecular flexibility index (Phi) is 3.21. The van der Waals surface area contributed by atoms with E-state index in [0.717, 1.165) is 28.0 Å². The first-order valence-corrected chi connectivity index (χ1v) is 6.78. The van der Waals surface area contributed by atoms with Gasteiger partial charge < -0.3 is 4.98 Å². The maximum Gasteiger partial charge on any atom is 0.231 e. The molecule has 2 aromatic heterocycles. The molecule has 2 N–H and O–H groups in total. The van der Waals surface area contributed by atoms with E-state index in [2.05, 4.69) is 20.4 Å². The molecule has 3 rings (SSSR count). The van der Waals surface area contributed by atoms with Crippen molar-refractivity contribution in [3.05, 3.63) is 41.2 Å². The predicted octanol–water partition coefficient (Wildman–Crippen LogP) is 2.09. The molecule has 6 nitrogen and oxygen atoms in total. The van der Waals surface area contributed by atoms with Gasteiger partial charge in [0.25, 0.3) is 0 Å². The van der Waals surface area contributed by atoms with Crippen LogP contribution in [0.4, 0.5) is 5.95 Å². The van der Waals surface area contributed by atoms with Crippen LogP contribution in [0.2, 0.25) is 0 Å². The zero-order valence-electron chi connectivity index (χ0n) is 12.3. The highest BCUT2D eigenvalue weighted by atomic mass is 16.1. The molecule has 1 amide bonds. The number of fused-ring (bicyclic) bond motifs is 1. The van der Waals surface area contributed by atoms with E-state index >= 15 is 0 Å². The number of H-pyrrole nitrogens is 1. The van der Waals surface area contributed by atoms with Gasteiger partial charge in [0.1, 0.15) is 0 Å². The fourth-order valence-corrected chi connectivity index (χ4v) is 2.42. The number of carbonyl (C=O) groups is 1. The topological polar surface area (TPSA) is 75.6 Å². The van der Waals surface area contributed by atoms with Crippen molar-refractivity contribution in [1.82, 2.24) is 19.7 Å². The second-order valence-electron chi connectivity index (χ2n) is 5.10. The molecule has 0 saturated carbocycles. The van der Waals surface area contributed by atoms with Gasteiger partial charge in [-0.1, -0.05) is 12.1 Å². The second kappa shape index (κ2) is 5.05. The van der Waals surface area contributed by atoms with Gasteiger partial charge in [0.05, 0.1) is 23.1 Å². The van der Waals surface area contributed by atoms with Crippen LogP contribution < -0.4 is 5.32 Å². The first-order chi connectivity index (χ1) is 10.0. The summed E-state index contributed by atoms with van der Waals surface area (Å²) in [5.41, 5.74) is 4.59. The van der Waals surface area contributed by atoms with E-state index in [9.17, 15) is 4.79 Å². The van der Waals surface area contributed by atoms with Crippen LogP contribution in [0, 0.1) is 13.8 Å². The lowest BCUT2D eigenvalue weighted by atomic mass is 10.1. The molecule has 21 heavy (non-hydrogen) atoms. The number of nitrogens with one attached hydrogen (secondary N) is 2. The zero-order valence-corrected chi connectivity index (χ0v) is 12.3. The molecule has 0 aliphatic rings. The minimum Gasteiger partial charge on any atom is -0.324 e. The third kappa shape index (κ3) is 2.52. The number of hydrogen-bond acceptors (Lipinski definition) is 3. The van der Waals surface area contributed by atoms with E-state index in [1.807, 2.05) is 45.2 Å². The minimum absolute atomic E-state index is 0.103. The molecule has 0 bridgehead atoms. The van der Waals surface area contributed by atoms with E-state index in [0.29, 0.717) is 12.4 Å². The van der Waals surface area contributed by atoms with Crippen molar-refractivity contribution in [2.75, 3.05) is 5.32 Å². The van der Waals surface area contributed by atoms with Crippen LogP contribution in [-0.2, 0) is 18.3 Å². The van der Waals surface area contributed by atoms with Gasteiger partial charge in [-0.05, 0) is 26.0 Å². The zero-order chi connectivity index (χ0) is 15.0. The summed E-state index contributed by atoms with van der Waals surface area (Å²) in [5.74, 6) is 0.369. The number of aromatic amines is 1. The Morgan fingerprint density at radius 2 is 2.10 bits per heavy atom. The van der Waals surface area contributed by atoms with Crippen molar-refractivity contribution >= 4 is 22.9 Å². The Labute approximate surface area is 122 Å². The monoisotopic (exact) mass is 283 g/mol. The van der Waals surface area contributed by atoms with Crippen molar-refractivity contribution in [3.63, 3.8) is 0 Å². The third-order valence-corrected chi connectivity index (χ3v) is 3.64. The highest BCUT2D eigenvalue weighted by molar-refractivity contribution is 5.92. The molecule has 2 heterocycles. The Hall–Kier alpha value is -2.63. The molecular weight excluding hydrogens is 266 g/mol. The van der Waals surface area contributed by atoms with Gasteiger partial charge in [0, 0.05) is 18.3 Å². The van der Waals surface area contributed by atoms with Crippen molar-refractivity contribution in [2.45, 2.75) is 20.3 Å². The maximum absolute atomic E-state index is 12.2. The third-order valence-electron chi connectivity index (χ3n) is 3.64. The van der Waals surface area contributed by atoms with Crippen LogP contribution in [0.5, 0.6) is 0 Å². The lowest BCUT2D eigenvalue weighted by molar-refractivity contribution is -0.115. The van der Waals surface area contributed by atoms with Gasteiger partial charge >= 0.3 is 0 Å². The van der Waals surface area contributed by atoms with E-state index in [1.54, 1.807) is 4.68 Å². The Morgan fingerprint density at radius 3 is 2.76 bits per heavy atom. The molecule has 0 unspecified atom stereocenters. The fraction of sp³-hybridized carbons (Fsp3) is 0.267. The second-order valence-corrected chi connectivity index (χ2v) is 5.10. The van der Waals surface area contributed by atoms with Crippen LogP contribution in [0.25, 0.3) is 11.0 Å². The van der Waals surface area contributed by atoms with Gasteiger partial charge in [0.2, 0.25) is 11.9 Å². The number of anilines is 1. The number of hydrogen-bond donors (Lipinski definition) is 2. The molecule has 0 fully saturated rings. The first kappa shape index (κ1) is 13.4. The Balaban J connectivity index is 1.77. The average Bonchev–Trinajstić information content (AvgIpc) is 2.94. The highest BCUT2D eigenvalue weighted by Gasteiger charge is 2.14. The Morgan fingerprint density at radius 1 is 1.33 bits per heavy atom. The summed E-state index contributed by atoms with van der Waals surface area (Å²) in [7, 11) is 1.88. The average molecular weight is 283 g/mol. The van der Waals surface area contributed by atoms with Crippen LogP contribution in [0.1, 0.15) is 17.0 Å². The lowest BCUT2D eigenvalue weighted by Crippen LogP contribution is -2.16. The number of nitrogens with zero attached hydrogens (tertiary/aromatic N) is 3. The quantitative estimate of drug-likeness (QED) is 0.773. The summed E-state index contributed by atoms with van der Waals surface area (Å²) < 4.78 is 1.79.